The molecule has 0 atom stereocenters. The normalized spacial score (nSPS) is 10.1. The van der Waals surface area contributed by atoms with Crippen molar-refractivity contribution in [3.8, 4) is 5.75 Å². The van der Waals surface area contributed by atoms with Gasteiger partial charge in [0, 0.05) is 11.6 Å². The smallest absolute Gasteiger partial charge is 0.343 e. The summed E-state index contributed by atoms with van der Waals surface area (Å²) in [5.74, 6) is -0.245. The summed E-state index contributed by atoms with van der Waals surface area (Å²) in [6, 6.07) is 13.3. The number of nitrogens with zero attached hydrogens (tertiary/aromatic N) is 1. The summed E-state index contributed by atoms with van der Waals surface area (Å²) >= 11 is 0. The lowest BCUT2D eigenvalue weighted by molar-refractivity contribution is -0.385. The molecular weight excluding hydrogens is 294 g/mol. The van der Waals surface area contributed by atoms with Crippen molar-refractivity contribution in [2.45, 2.75) is 0 Å². The molecule has 2 aromatic rings. The Labute approximate surface area is 133 Å². The largest absolute Gasteiger partial charge is 0.422 e. The van der Waals surface area contributed by atoms with Crippen LogP contribution in [0.2, 0.25) is 0 Å². The van der Waals surface area contributed by atoms with E-state index < -0.39 is 10.9 Å². The molecule has 0 fully saturated rings. The molecule has 0 heterocycles. The van der Waals surface area contributed by atoms with E-state index in [1.807, 2.05) is 0 Å². The van der Waals surface area contributed by atoms with Crippen LogP contribution >= 0.6 is 0 Å². The number of rotatable bonds is 5. The molecule has 0 N–H and O–H groups in total. The Hall–Kier alpha value is -3.43. The molecule has 0 aliphatic heterocycles. The molecule has 0 amide bonds. The zero-order chi connectivity index (χ0) is 16.7. The third-order valence-corrected chi connectivity index (χ3v) is 2.93. The summed E-state index contributed by atoms with van der Waals surface area (Å²) in [6.45, 7) is 3.31. The van der Waals surface area contributed by atoms with E-state index in [2.05, 4.69) is 12.3 Å². The SMILES string of the molecule is C=C=CC(=O)Oc1ccccc1/C=C/c1ccccc1[N+](=O)[O-]. The van der Waals surface area contributed by atoms with Gasteiger partial charge in [-0.3, -0.25) is 10.1 Å². The van der Waals surface area contributed by atoms with E-state index in [0.717, 1.165) is 6.08 Å². The maximum Gasteiger partial charge on any atom is 0.343 e. The topological polar surface area (TPSA) is 69.4 Å². The maximum atomic E-state index is 11.5. The van der Waals surface area contributed by atoms with Gasteiger partial charge in [-0.15, -0.1) is 5.73 Å². The standard InChI is InChI=1S/C18H13NO4/c1-2-7-18(20)23-17-11-6-4-9-15(17)13-12-14-8-3-5-10-16(14)19(21)22/h3-13H,1H2/b13-12+. The summed E-state index contributed by atoms with van der Waals surface area (Å²) in [6.07, 6.45) is 4.35. The number of hydrogen-bond donors (Lipinski definition) is 0. The van der Waals surface area contributed by atoms with Crippen LogP contribution in [-0.4, -0.2) is 10.9 Å². The number of benzene rings is 2. The molecule has 0 spiro atoms. The Kier molecular flexibility index (Phi) is 5.23. The number of ether oxygens (including phenoxy) is 1. The van der Waals surface area contributed by atoms with E-state index in [0.29, 0.717) is 16.9 Å². The van der Waals surface area contributed by atoms with E-state index in [-0.39, 0.29) is 5.69 Å². The summed E-state index contributed by atoms with van der Waals surface area (Å²) in [5, 5.41) is 11.0. The number of carbonyl (C=O) groups excluding carboxylic acids is 1. The first kappa shape index (κ1) is 15.9. The molecule has 5 nitrogen and oxygen atoms in total. The van der Waals surface area contributed by atoms with Crippen LogP contribution < -0.4 is 4.74 Å². The average molecular weight is 307 g/mol. The minimum absolute atomic E-state index is 0.00724. The van der Waals surface area contributed by atoms with Crippen molar-refractivity contribution in [2.24, 2.45) is 0 Å². The van der Waals surface area contributed by atoms with Gasteiger partial charge in [-0.25, -0.2) is 4.79 Å². The third kappa shape index (κ3) is 4.27. The van der Waals surface area contributed by atoms with E-state index >= 15 is 0 Å². The van der Waals surface area contributed by atoms with Crippen LogP contribution in [0.1, 0.15) is 11.1 Å². The molecule has 2 rings (SSSR count). The predicted molar refractivity (Wildman–Crippen MR) is 87.8 cm³/mol. The Morgan fingerprint density at radius 3 is 2.39 bits per heavy atom. The molecule has 23 heavy (non-hydrogen) atoms. The summed E-state index contributed by atoms with van der Waals surface area (Å²) < 4.78 is 5.17. The van der Waals surface area contributed by atoms with E-state index in [4.69, 9.17) is 4.74 Å². The van der Waals surface area contributed by atoms with Crippen LogP contribution in [0.15, 0.2) is 66.9 Å². The van der Waals surface area contributed by atoms with Gasteiger partial charge in [-0.2, -0.15) is 0 Å². The number of hydrogen-bond acceptors (Lipinski definition) is 4. The lowest BCUT2D eigenvalue weighted by Gasteiger charge is -2.05. The summed E-state index contributed by atoms with van der Waals surface area (Å²) in [5.41, 5.74) is 3.43. The van der Waals surface area contributed by atoms with E-state index in [1.165, 1.54) is 6.07 Å². The van der Waals surface area contributed by atoms with Gasteiger partial charge in [-0.1, -0.05) is 43.0 Å². The fourth-order valence-electron chi connectivity index (χ4n) is 1.91. The molecule has 0 aromatic heterocycles. The van der Waals surface area contributed by atoms with E-state index in [9.17, 15) is 14.9 Å². The second-order valence-corrected chi connectivity index (χ2v) is 4.46. The summed E-state index contributed by atoms with van der Waals surface area (Å²) in [7, 11) is 0. The fraction of sp³-hybridized carbons (Fsp3) is 0. The first-order valence-corrected chi connectivity index (χ1v) is 6.70. The summed E-state index contributed by atoms with van der Waals surface area (Å²) in [4.78, 5) is 22.0. The van der Waals surface area contributed by atoms with Crippen molar-refractivity contribution in [3.63, 3.8) is 0 Å². The van der Waals surface area contributed by atoms with Crippen molar-refractivity contribution in [1.82, 2.24) is 0 Å². The zero-order valence-corrected chi connectivity index (χ0v) is 12.1. The van der Waals surface area contributed by atoms with Crippen LogP contribution in [0.4, 0.5) is 5.69 Å². The second-order valence-electron chi connectivity index (χ2n) is 4.46. The molecule has 0 aliphatic carbocycles. The number of esters is 1. The van der Waals surface area contributed by atoms with Gasteiger partial charge in [-0.05, 0) is 18.2 Å². The van der Waals surface area contributed by atoms with Gasteiger partial charge >= 0.3 is 5.97 Å². The van der Waals surface area contributed by atoms with Gasteiger partial charge in [0.1, 0.15) is 5.75 Å². The van der Waals surface area contributed by atoms with Crippen LogP contribution in [0, 0.1) is 10.1 Å². The molecule has 0 saturated carbocycles. The molecule has 0 bridgehead atoms. The zero-order valence-electron chi connectivity index (χ0n) is 12.1. The Morgan fingerprint density at radius 1 is 1.09 bits per heavy atom. The van der Waals surface area contributed by atoms with Gasteiger partial charge < -0.3 is 4.74 Å². The van der Waals surface area contributed by atoms with Crippen LogP contribution in [-0.2, 0) is 4.79 Å². The molecule has 0 aliphatic rings. The van der Waals surface area contributed by atoms with Crippen molar-refractivity contribution < 1.29 is 14.5 Å². The van der Waals surface area contributed by atoms with Crippen molar-refractivity contribution >= 4 is 23.8 Å². The molecule has 2 aromatic carbocycles. The number of nitro benzene ring substituents is 1. The molecule has 5 heteroatoms. The second kappa shape index (κ2) is 7.54. The van der Waals surface area contributed by atoms with Crippen molar-refractivity contribution in [3.05, 3.63) is 88.2 Å². The number of nitro groups is 1. The van der Waals surface area contributed by atoms with Gasteiger partial charge in [0.15, 0.2) is 0 Å². The first-order chi connectivity index (χ1) is 11.1. The van der Waals surface area contributed by atoms with Crippen LogP contribution in [0.25, 0.3) is 12.2 Å². The van der Waals surface area contributed by atoms with E-state index in [1.54, 1.807) is 54.6 Å². The van der Waals surface area contributed by atoms with Crippen molar-refractivity contribution in [1.29, 1.82) is 0 Å². The molecule has 0 unspecified atom stereocenters. The first-order valence-electron chi connectivity index (χ1n) is 6.70. The lowest BCUT2D eigenvalue weighted by Crippen LogP contribution is -2.04. The number of para-hydroxylation sites is 2. The van der Waals surface area contributed by atoms with Gasteiger partial charge in [0.2, 0.25) is 0 Å². The maximum absolute atomic E-state index is 11.5. The van der Waals surface area contributed by atoms with Crippen LogP contribution in [0.3, 0.4) is 0 Å². The molecular formula is C18H13NO4. The highest BCUT2D eigenvalue weighted by atomic mass is 16.6. The quantitative estimate of drug-likeness (QED) is 0.159. The number of carbonyl (C=O) groups is 1. The predicted octanol–water partition coefficient (Wildman–Crippen LogP) is 4.01. The van der Waals surface area contributed by atoms with Gasteiger partial charge in [0.05, 0.1) is 16.6 Å². The highest BCUT2D eigenvalue weighted by Crippen LogP contribution is 2.24. The molecule has 114 valence electrons. The minimum atomic E-state index is -0.591. The monoisotopic (exact) mass is 307 g/mol. The average Bonchev–Trinajstić information content (AvgIpc) is 2.54. The van der Waals surface area contributed by atoms with Crippen LogP contribution in [0.5, 0.6) is 5.75 Å². The Bertz CT molecular complexity index is 817. The third-order valence-electron chi connectivity index (χ3n) is 2.93. The Morgan fingerprint density at radius 2 is 1.70 bits per heavy atom. The molecule has 0 radical (unpaired) electrons. The fourth-order valence-corrected chi connectivity index (χ4v) is 1.91. The minimum Gasteiger partial charge on any atom is -0.422 e. The van der Waals surface area contributed by atoms with Crippen molar-refractivity contribution in [2.75, 3.05) is 0 Å². The highest BCUT2D eigenvalue weighted by molar-refractivity contribution is 5.85. The van der Waals surface area contributed by atoms with Gasteiger partial charge in [0.25, 0.3) is 5.69 Å². The lowest BCUT2D eigenvalue weighted by atomic mass is 10.1. The Balaban J connectivity index is 2.32. The molecule has 0 saturated heterocycles. The highest BCUT2D eigenvalue weighted by Gasteiger charge is 2.10.